The van der Waals surface area contributed by atoms with Gasteiger partial charge >= 0.3 is 0 Å². The highest BCUT2D eigenvalue weighted by Gasteiger charge is 2.38. The molecule has 1 aliphatic heterocycles. The van der Waals surface area contributed by atoms with Gasteiger partial charge in [0, 0.05) is 18.6 Å². The maximum absolute atomic E-state index is 13.7. The number of nitrogens with zero attached hydrogens (tertiary/aromatic N) is 1. The van der Waals surface area contributed by atoms with Crippen molar-refractivity contribution in [2.24, 2.45) is 11.7 Å². The van der Waals surface area contributed by atoms with E-state index in [9.17, 15) is 4.39 Å². The Morgan fingerprint density at radius 1 is 1.30 bits per heavy atom. The highest BCUT2D eigenvalue weighted by atomic mass is 35.5. The predicted molar refractivity (Wildman–Crippen MR) is 80.3 cm³/mol. The van der Waals surface area contributed by atoms with E-state index < -0.39 is 0 Å². The summed E-state index contributed by atoms with van der Waals surface area (Å²) in [6.45, 7) is 1.61. The molecule has 0 bridgehead atoms. The van der Waals surface area contributed by atoms with Gasteiger partial charge in [0.05, 0.1) is 5.02 Å². The molecule has 2 aliphatic rings. The van der Waals surface area contributed by atoms with E-state index in [1.165, 1.54) is 32.1 Å². The summed E-state index contributed by atoms with van der Waals surface area (Å²) < 4.78 is 13.7. The van der Waals surface area contributed by atoms with E-state index in [4.69, 9.17) is 17.3 Å². The maximum Gasteiger partial charge on any atom is 0.142 e. The van der Waals surface area contributed by atoms with Gasteiger partial charge in [0.2, 0.25) is 0 Å². The molecule has 0 spiro atoms. The maximum atomic E-state index is 13.7. The van der Waals surface area contributed by atoms with E-state index in [1.807, 2.05) is 6.07 Å². The normalized spacial score (nSPS) is 28.4. The van der Waals surface area contributed by atoms with Gasteiger partial charge in [-0.3, -0.25) is 4.90 Å². The molecule has 1 heterocycles. The smallest absolute Gasteiger partial charge is 0.142 e. The number of benzene rings is 1. The second-order valence-electron chi connectivity index (χ2n) is 6.06. The molecular formula is C16H22ClFN2. The summed E-state index contributed by atoms with van der Waals surface area (Å²) in [5.74, 6) is 0.470. The van der Waals surface area contributed by atoms with Crippen molar-refractivity contribution in [2.75, 3.05) is 13.1 Å². The molecule has 3 rings (SSSR count). The average molecular weight is 297 g/mol. The Morgan fingerprint density at radius 2 is 2.10 bits per heavy atom. The van der Waals surface area contributed by atoms with E-state index in [0.29, 0.717) is 12.6 Å². The Hall–Kier alpha value is -0.640. The molecule has 2 nitrogen and oxygen atoms in total. The monoisotopic (exact) mass is 296 g/mol. The third-order valence-corrected chi connectivity index (χ3v) is 5.29. The molecule has 1 aliphatic carbocycles. The second kappa shape index (κ2) is 6.00. The van der Waals surface area contributed by atoms with Crippen LogP contribution in [-0.4, -0.2) is 24.0 Å². The van der Waals surface area contributed by atoms with Crippen LogP contribution in [-0.2, 0) is 0 Å². The third kappa shape index (κ3) is 2.59. The van der Waals surface area contributed by atoms with Crippen molar-refractivity contribution >= 4 is 11.6 Å². The zero-order valence-corrected chi connectivity index (χ0v) is 12.5. The quantitative estimate of drug-likeness (QED) is 0.920. The third-order valence-electron chi connectivity index (χ3n) is 4.99. The molecule has 1 saturated carbocycles. The van der Waals surface area contributed by atoms with Crippen LogP contribution in [0.3, 0.4) is 0 Å². The number of hydrogen-bond donors (Lipinski definition) is 1. The lowest BCUT2D eigenvalue weighted by Crippen LogP contribution is -2.46. The minimum Gasteiger partial charge on any atom is -0.329 e. The molecule has 2 fully saturated rings. The topological polar surface area (TPSA) is 29.3 Å². The second-order valence-corrected chi connectivity index (χ2v) is 6.47. The van der Waals surface area contributed by atoms with Crippen LogP contribution in [0.2, 0.25) is 5.02 Å². The lowest BCUT2D eigenvalue weighted by molar-refractivity contribution is 0.0700. The molecule has 0 aromatic heterocycles. The number of halogens is 2. The Balaban J connectivity index is 1.86. The zero-order chi connectivity index (χ0) is 14.1. The summed E-state index contributed by atoms with van der Waals surface area (Å²) in [5.41, 5.74) is 6.97. The van der Waals surface area contributed by atoms with Crippen LogP contribution in [0.25, 0.3) is 0 Å². The summed E-state index contributed by atoms with van der Waals surface area (Å²) in [6, 6.07) is 5.87. The van der Waals surface area contributed by atoms with E-state index in [0.717, 1.165) is 18.0 Å². The van der Waals surface area contributed by atoms with Crippen LogP contribution in [0.5, 0.6) is 0 Å². The van der Waals surface area contributed by atoms with Gasteiger partial charge in [-0.05, 0) is 55.8 Å². The highest BCUT2D eigenvalue weighted by Crippen LogP contribution is 2.40. The van der Waals surface area contributed by atoms with Crippen molar-refractivity contribution < 1.29 is 4.39 Å². The van der Waals surface area contributed by atoms with Gasteiger partial charge in [0.1, 0.15) is 5.82 Å². The molecule has 1 aromatic carbocycles. The lowest BCUT2D eigenvalue weighted by Gasteiger charge is -2.42. The number of nitrogens with two attached hydrogens (primary N) is 1. The minimum atomic E-state index is -0.345. The Bertz CT molecular complexity index is 480. The highest BCUT2D eigenvalue weighted by molar-refractivity contribution is 6.30. The van der Waals surface area contributed by atoms with Gasteiger partial charge in [-0.2, -0.15) is 0 Å². The molecule has 2 N–H and O–H groups in total. The summed E-state index contributed by atoms with van der Waals surface area (Å²) >= 11 is 5.78. The van der Waals surface area contributed by atoms with Gasteiger partial charge in [-0.25, -0.2) is 4.39 Å². The van der Waals surface area contributed by atoms with Crippen LogP contribution in [0.15, 0.2) is 18.2 Å². The molecule has 1 saturated heterocycles. The van der Waals surface area contributed by atoms with Crippen molar-refractivity contribution in [2.45, 2.75) is 44.2 Å². The van der Waals surface area contributed by atoms with Crippen LogP contribution >= 0.6 is 11.6 Å². The first-order valence-corrected chi connectivity index (χ1v) is 7.99. The van der Waals surface area contributed by atoms with Crippen LogP contribution < -0.4 is 5.73 Å². The predicted octanol–water partition coefficient (Wildman–Crippen LogP) is 3.74. The number of rotatable bonds is 3. The summed E-state index contributed by atoms with van der Waals surface area (Å²) in [6.07, 6.45) is 6.49. The van der Waals surface area contributed by atoms with Crippen molar-refractivity contribution in [3.8, 4) is 0 Å². The first-order valence-electron chi connectivity index (χ1n) is 7.61. The number of piperidine rings is 1. The van der Waals surface area contributed by atoms with E-state index in [1.54, 1.807) is 12.1 Å². The van der Waals surface area contributed by atoms with Crippen LogP contribution in [0, 0.1) is 11.7 Å². The van der Waals surface area contributed by atoms with Crippen molar-refractivity contribution in [1.82, 2.24) is 4.90 Å². The van der Waals surface area contributed by atoms with Crippen molar-refractivity contribution in [3.05, 3.63) is 34.6 Å². The summed E-state index contributed by atoms with van der Waals surface area (Å²) in [5, 5.41) is 0.182. The minimum absolute atomic E-state index is 0.118. The fourth-order valence-corrected chi connectivity index (χ4v) is 4.18. The fraction of sp³-hybridized carbons (Fsp3) is 0.625. The summed E-state index contributed by atoms with van der Waals surface area (Å²) in [7, 11) is 0. The molecule has 3 atom stereocenters. The molecule has 3 unspecified atom stereocenters. The van der Waals surface area contributed by atoms with E-state index >= 15 is 0 Å². The lowest BCUT2D eigenvalue weighted by atomic mass is 9.89. The standard InChI is InChI=1S/C16H22ClFN2/c17-13-7-6-12(9-14(13)18)16(10-19)20-8-2-4-11-3-1-5-15(11)20/h6-7,9,11,15-16H,1-5,8,10,19H2. The Labute approximate surface area is 125 Å². The first kappa shape index (κ1) is 14.3. The first-order chi connectivity index (χ1) is 9.70. The summed E-state index contributed by atoms with van der Waals surface area (Å²) in [4.78, 5) is 2.52. The van der Waals surface area contributed by atoms with Crippen LogP contribution in [0.1, 0.15) is 43.7 Å². The fourth-order valence-electron chi connectivity index (χ4n) is 4.06. The van der Waals surface area contributed by atoms with Gasteiger partial charge < -0.3 is 5.73 Å². The van der Waals surface area contributed by atoms with Gasteiger partial charge in [-0.15, -0.1) is 0 Å². The molecule has 1 aromatic rings. The number of fused-ring (bicyclic) bond motifs is 1. The molecule has 4 heteroatoms. The SMILES string of the molecule is NCC(c1ccc(Cl)c(F)c1)N1CCCC2CCCC21. The van der Waals surface area contributed by atoms with Crippen LogP contribution in [0.4, 0.5) is 4.39 Å². The zero-order valence-electron chi connectivity index (χ0n) is 11.7. The molecule has 20 heavy (non-hydrogen) atoms. The molecule has 0 radical (unpaired) electrons. The van der Waals surface area contributed by atoms with Crippen molar-refractivity contribution in [3.63, 3.8) is 0 Å². The largest absolute Gasteiger partial charge is 0.329 e. The molecule has 110 valence electrons. The number of likely N-dealkylation sites (tertiary alicyclic amines) is 1. The number of hydrogen-bond acceptors (Lipinski definition) is 2. The van der Waals surface area contributed by atoms with Gasteiger partial charge in [0.25, 0.3) is 0 Å². The Morgan fingerprint density at radius 3 is 2.85 bits per heavy atom. The molecule has 0 amide bonds. The van der Waals surface area contributed by atoms with Gasteiger partial charge in [0.15, 0.2) is 0 Å². The van der Waals surface area contributed by atoms with Crippen molar-refractivity contribution in [1.29, 1.82) is 0 Å². The average Bonchev–Trinajstić information content (AvgIpc) is 2.93. The van der Waals surface area contributed by atoms with Gasteiger partial charge in [-0.1, -0.05) is 24.1 Å². The Kier molecular flexibility index (Phi) is 4.29. The molecular weight excluding hydrogens is 275 g/mol. The van der Waals surface area contributed by atoms with E-state index in [2.05, 4.69) is 4.90 Å². The van der Waals surface area contributed by atoms with E-state index in [-0.39, 0.29) is 16.9 Å².